The summed E-state index contributed by atoms with van der Waals surface area (Å²) in [5.41, 5.74) is 2.77. The SMILES string of the molecule is CN/N=C(/SC)SC(C)C. The first-order valence-corrected chi connectivity index (χ1v) is 5.26. The highest BCUT2D eigenvalue weighted by Gasteiger charge is 2.00. The van der Waals surface area contributed by atoms with Crippen LogP contribution in [0.4, 0.5) is 0 Å². The highest BCUT2D eigenvalue weighted by Crippen LogP contribution is 2.18. The van der Waals surface area contributed by atoms with Crippen LogP contribution in [0.5, 0.6) is 0 Å². The summed E-state index contributed by atoms with van der Waals surface area (Å²) >= 11 is 3.45. The van der Waals surface area contributed by atoms with Crippen LogP contribution in [-0.2, 0) is 0 Å². The molecule has 0 atom stereocenters. The largest absolute Gasteiger partial charge is 0.312 e. The van der Waals surface area contributed by atoms with Crippen molar-refractivity contribution in [1.29, 1.82) is 0 Å². The molecule has 0 fully saturated rings. The summed E-state index contributed by atoms with van der Waals surface area (Å²) in [5.74, 6) is 0. The van der Waals surface area contributed by atoms with E-state index in [2.05, 4.69) is 24.4 Å². The maximum atomic E-state index is 4.08. The minimum atomic E-state index is 0.611. The molecule has 0 aliphatic heterocycles. The van der Waals surface area contributed by atoms with E-state index in [-0.39, 0.29) is 0 Å². The van der Waals surface area contributed by atoms with E-state index < -0.39 is 0 Å². The van der Waals surface area contributed by atoms with E-state index in [1.54, 1.807) is 23.5 Å². The van der Waals surface area contributed by atoms with E-state index in [0.717, 1.165) is 4.38 Å². The molecule has 0 unspecified atom stereocenters. The van der Waals surface area contributed by atoms with E-state index >= 15 is 0 Å². The average molecular weight is 178 g/mol. The summed E-state index contributed by atoms with van der Waals surface area (Å²) in [6.07, 6.45) is 2.03. The monoisotopic (exact) mass is 178 g/mol. The second-order valence-corrected chi connectivity index (χ2v) is 4.59. The van der Waals surface area contributed by atoms with E-state index in [1.165, 1.54) is 0 Å². The number of nitrogens with one attached hydrogen (secondary N) is 1. The molecule has 0 aromatic carbocycles. The third-order valence-corrected chi connectivity index (χ3v) is 2.71. The molecular weight excluding hydrogens is 164 g/mol. The zero-order valence-electron chi connectivity index (χ0n) is 6.84. The number of rotatable bonds is 2. The van der Waals surface area contributed by atoms with Crippen LogP contribution >= 0.6 is 23.5 Å². The highest BCUT2D eigenvalue weighted by molar-refractivity contribution is 8.38. The number of nitrogens with zero attached hydrogens (tertiary/aromatic N) is 1. The molecule has 0 rings (SSSR count). The van der Waals surface area contributed by atoms with Crippen LogP contribution in [-0.4, -0.2) is 22.9 Å². The van der Waals surface area contributed by atoms with Gasteiger partial charge < -0.3 is 5.43 Å². The molecule has 0 heterocycles. The fraction of sp³-hybridized carbons (Fsp3) is 0.833. The minimum Gasteiger partial charge on any atom is -0.312 e. The second kappa shape index (κ2) is 5.92. The topological polar surface area (TPSA) is 24.4 Å². The number of thioether (sulfide) groups is 2. The van der Waals surface area contributed by atoms with Crippen LogP contribution in [0.3, 0.4) is 0 Å². The van der Waals surface area contributed by atoms with Gasteiger partial charge in [0.25, 0.3) is 0 Å². The first-order chi connectivity index (χ1) is 4.70. The maximum Gasteiger partial charge on any atom is 0.149 e. The quantitative estimate of drug-likeness (QED) is 0.397. The van der Waals surface area contributed by atoms with E-state index in [0.29, 0.717) is 5.25 Å². The first-order valence-electron chi connectivity index (χ1n) is 3.15. The summed E-state index contributed by atoms with van der Waals surface area (Å²) < 4.78 is 1.09. The molecule has 0 radical (unpaired) electrons. The van der Waals surface area contributed by atoms with Gasteiger partial charge in [-0.1, -0.05) is 25.6 Å². The molecular formula is C6H14N2S2. The van der Waals surface area contributed by atoms with Crippen LogP contribution in [0.2, 0.25) is 0 Å². The third kappa shape index (κ3) is 4.99. The predicted molar refractivity (Wildman–Crippen MR) is 52.7 cm³/mol. The molecule has 0 aromatic rings. The van der Waals surface area contributed by atoms with Gasteiger partial charge in [0.1, 0.15) is 4.38 Å². The van der Waals surface area contributed by atoms with Crippen molar-refractivity contribution in [2.45, 2.75) is 19.1 Å². The Morgan fingerprint density at radius 2 is 2.10 bits per heavy atom. The fourth-order valence-corrected chi connectivity index (χ4v) is 2.11. The lowest BCUT2D eigenvalue weighted by molar-refractivity contribution is 0.909. The molecule has 0 saturated heterocycles. The Bertz CT molecular complexity index is 112. The molecule has 0 aromatic heterocycles. The van der Waals surface area contributed by atoms with Gasteiger partial charge in [0, 0.05) is 12.3 Å². The van der Waals surface area contributed by atoms with Crippen molar-refractivity contribution in [2.75, 3.05) is 13.3 Å². The molecule has 60 valence electrons. The predicted octanol–water partition coefficient (Wildman–Crippen LogP) is 1.98. The molecule has 0 aliphatic carbocycles. The van der Waals surface area contributed by atoms with Gasteiger partial charge in [0.15, 0.2) is 0 Å². The Hall–Kier alpha value is 0.170. The van der Waals surface area contributed by atoms with Crippen molar-refractivity contribution >= 4 is 27.9 Å². The summed E-state index contributed by atoms with van der Waals surface area (Å²) in [7, 11) is 1.82. The van der Waals surface area contributed by atoms with E-state index in [1.807, 2.05) is 13.3 Å². The molecule has 10 heavy (non-hydrogen) atoms. The lowest BCUT2D eigenvalue weighted by Gasteiger charge is -2.04. The van der Waals surface area contributed by atoms with E-state index in [4.69, 9.17) is 0 Å². The van der Waals surface area contributed by atoms with Gasteiger partial charge in [-0.25, -0.2) is 0 Å². The van der Waals surface area contributed by atoms with Crippen molar-refractivity contribution in [1.82, 2.24) is 5.43 Å². The molecule has 1 N–H and O–H groups in total. The molecule has 0 aliphatic rings. The number of hydrogen-bond donors (Lipinski definition) is 1. The van der Waals surface area contributed by atoms with Crippen LogP contribution in [0.25, 0.3) is 0 Å². The lowest BCUT2D eigenvalue weighted by atomic mass is 10.6. The number of hydrazone groups is 1. The van der Waals surface area contributed by atoms with Crippen molar-refractivity contribution in [3.63, 3.8) is 0 Å². The molecule has 2 nitrogen and oxygen atoms in total. The molecule has 0 bridgehead atoms. The van der Waals surface area contributed by atoms with Crippen molar-refractivity contribution in [3.8, 4) is 0 Å². The van der Waals surface area contributed by atoms with Gasteiger partial charge in [-0.15, -0.1) is 11.8 Å². The molecule has 0 saturated carbocycles. The normalized spacial score (nSPS) is 12.3. The van der Waals surface area contributed by atoms with Crippen LogP contribution < -0.4 is 5.43 Å². The maximum absolute atomic E-state index is 4.08. The fourth-order valence-electron chi connectivity index (χ4n) is 0.413. The van der Waals surface area contributed by atoms with Crippen molar-refractivity contribution < 1.29 is 0 Å². The average Bonchev–Trinajstić information content (AvgIpc) is 1.86. The summed E-state index contributed by atoms with van der Waals surface area (Å²) in [6.45, 7) is 4.32. The Morgan fingerprint density at radius 1 is 1.50 bits per heavy atom. The minimum absolute atomic E-state index is 0.611. The lowest BCUT2D eigenvalue weighted by Crippen LogP contribution is -2.01. The Kier molecular flexibility index (Phi) is 6.02. The van der Waals surface area contributed by atoms with Crippen LogP contribution in [0.15, 0.2) is 5.10 Å². The molecule has 4 heteroatoms. The third-order valence-electron chi connectivity index (χ3n) is 0.714. The van der Waals surface area contributed by atoms with Crippen LogP contribution in [0, 0.1) is 0 Å². The van der Waals surface area contributed by atoms with Gasteiger partial charge in [-0.3, -0.25) is 0 Å². The van der Waals surface area contributed by atoms with Crippen molar-refractivity contribution in [2.24, 2.45) is 5.10 Å². The number of hydrogen-bond acceptors (Lipinski definition) is 4. The highest BCUT2D eigenvalue weighted by atomic mass is 32.2. The summed E-state index contributed by atoms with van der Waals surface area (Å²) in [5, 5.41) is 4.69. The van der Waals surface area contributed by atoms with Gasteiger partial charge in [0.2, 0.25) is 0 Å². The van der Waals surface area contributed by atoms with Gasteiger partial charge in [0.05, 0.1) is 0 Å². The zero-order chi connectivity index (χ0) is 7.98. The summed E-state index contributed by atoms with van der Waals surface area (Å²) in [4.78, 5) is 0. The Labute approximate surface area is 71.2 Å². The Morgan fingerprint density at radius 3 is 2.40 bits per heavy atom. The smallest absolute Gasteiger partial charge is 0.149 e. The van der Waals surface area contributed by atoms with Gasteiger partial charge in [-0.05, 0) is 6.26 Å². The standard InChI is InChI=1S/C6H14N2S2/c1-5(2)10-6(9-4)8-7-3/h5,7H,1-4H3/b8-6-. The van der Waals surface area contributed by atoms with Gasteiger partial charge >= 0.3 is 0 Å². The first kappa shape index (κ1) is 10.2. The zero-order valence-corrected chi connectivity index (χ0v) is 8.47. The van der Waals surface area contributed by atoms with Crippen LogP contribution in [0.1, 0.15) is 13.8 Å². The Balaban J connectivity index is 3.71. The van der Waals surface area contributed by atoms with Gasteiger partial charge in [-0.2, -0.15) is 5.10 Å². The van der Waals surface area contributed by atoms with Crippen molar-refractivity contribution in [3.05, 3.63) is 0 Å². The second-order valence-electron chi connectivity index (χ2n) is 1.97. The summed E-state index contributed by atoms with van der Waals surface area (Å²) in [6, 6.07) is 0. The molecule has 0 spiro atoms. The van der Waals surface area contributed by atoms with E-state index in [9.17, 15) is 0 Å². The molecule has 0 amide bonds.